The fourth-order valence-corrected chi connectivity index (χ4v) is 3.66. The Morgan fingerprint density at radius 3 is 2.35 bits per heavy atom. The number of hydrogen-bond acceptors (Lipinski definition) is 3. The van der Waals surface area contributed by atoms with Crippen LogP contribution in [0.15, 0.2) is 0 Å². The molecule has 2 rings (SSSR count). The fraction of sp³-hybridized carbons (Fsp3) is 0.941. The highest BCUT2D eigenvalue weighted by Crippen LogP contribution is 2.29. The van der Waals surface area contributed by atoms with E-state index in [2.05, 4.69) is 37.5 Å². The van der Waals surface area contributed by atoms with Crippen LogP contribution in [0.3, 0.4) is 0 Å². The molecule has 2 unspecified atom stereocenters. The van der Waals surface area contributed by atoms with Gasteiger partial charge in [-0.25, -0.2) is 0 Å². The molecule has 0 spiro atoms. The lowest BCUT2D eigenvalue weighted by atomic mass is 9.79. The average Bonchev–Trinajstić information content (AvgIpc) is 2.41. The zero-order chi connectivity index (χ0) is 14.8. The van der Waals surface area contributed by atoms with E-state index in [1.807, 2.05) is 0 Å². The summed E-state index contributed by atoms with van der Waals surface area (Å²) in [6.45, 7) is 14.7. The van der Waals surface area contributed by atoms with Crippen molar-refractivity contribution in [3.05, 3.63) is 0 Å². The molecule has 1 aliphatic carbocycles. The summed E-state index contributed by atoms with van der Waals surface area (Å²) in [5, 5.41) is 0. The van der Waals surface area contributed by atoms with Crippen molar-refractivity contribution in [1.29, 1.82) is 0 Å². The summed E-state index contributed by atoms with van der Waals surface area (Å²) >= 11 is 0. The standard InChI is InChI=1S/C17H32N2O/c1-5-14-6-7-16(20)15(12-14)13-18-8-10-19(11-9-18)17(2,3)4/h14-15H,5-13H2,1-4H3. The molecule has 20 heavy (non-hydrogen) atoms. The maximum atomic E-state index is 12.1. The fourth-order valence-electron chi connectivity index (χ4n) is 3.66. The minimum Gasteiger partial charge on any atom is -0.300 e. The predicted octanol–water partition coefficient (Wildman–Crippen LogP) is 2.80. The molecular weight excluding hydrogens is 248 g/mol. The van der Waals surface area contributed by atoms with Crippen molar-refractivity contribution in [1.82, 2.24) is 9.80 Å². The molecule has 1 aliphatic heterocycles. The highest BCUT2D eigenvalue weighted by Gasteiger charge is 2.31. The van der Waals surface area contributed by atoms with Gasteiger partial charge in [0, 0.05) is 50.6 Å². The number of ketones is 1. The summed E-state index contributed by atoms with van der Waals surface area (Å²) < 4.78 is 0. The van der Waals surface area contributed by atoms with Crippen LogP contribution in [0.2, 0.25) is 0 Å². The molecule has 3 nitrogen and oxygen atoms in total. The molecule has 1 saturated carbocycles. The number of Topliss-reactive ketones (excluding diaryl/α,β-unsaturated/α-hetero) is 1. The van der Waals surface area contributed by atoms with Gasteiger partial charge in [0.05, 0.1) is 0 Å². The van der Waals surface area contributed by atoms with E-state index in [-0.39, 0.29) is 5.54 Å². The van der Waals surface area contributed by atoms with E-state index in [0.29, 0.717) is 11.7 Å². The zero-order valence-corrected chi connectivity index (χ0v) is 13.8. The van der Waals surface area contributed by atoms with E-state index >= 15 is 0 Å². The van der Waals surface area contributed by atoms with Crippen LogP contribution in [0.1, 0.15) is 53.4 Å². The third-order valence-electron chi connectivity index (χ3n) is 5.25. The molecule has 2 aliphatic rings. The summed E-state index contributed by atoms with van der Waals surface area (Å²) in [5.74, 6) is 1.62. The highest BCUT2D eigenvalue weighted by molar-refractivity contribution is 5.81. The van der Waals surface area contributed by atoms with Gasteiger partial charge in [-0.05, 0) is 39.5 Å². The second-order valence-electron chi connectivity index (χ2n) is 7.67. The molecule has 0 aromatic carbocycles. The molecule has 0 amide bonds. The molecular formula is C17H32N2O. The monoisotopic (exact) mass is 280 g/mol. The van der Waals surface area contributed by atoms with Gasteiger partial charge in [0.15, 0.2) is 0 Å². The number of carbonyl (C=O) groups is 1. The minimum atomic E-state index is 0.278. The van der Waals surface area contributed by atoms with Crippen molar-refractivity contribution in [2.45, 2.75) is 58.9 Å². The molecule has 0 radical (unpaired) electrons. The van der Waals surface area contributed by atoms with Gasteiger partial charge in [-0.3, -0.25) is 9.69 Å². The van der Waals surface area contributed by atoms with Gasteiger partial charge < -0.3 is 4.90 Å². The van der Waals surface area contributed by atoms with Crippen LogP contribution in [0.5, 0.6) is 0 Å². The molecule has 1 saturated heterocycles. The van der Waals surface area contributed by atoms with E-state index < -0.39 is 0 Å². The Bertz CT molecular complexity index is 326. The van der Waals surface area contributed by atoms with Crippen LogP contribution in [0.4, 0.5) is 0 Å². The second-order valence-corrected chi connectivity index (χ2v) is 7.67. The van der Waals surface area contributed by atoms with E-state index in [1.54, 1.807) is 0 Å². The Labute approximate surface area is 124 Å². The average molecular weight is 280 g/mol. The number of nitrogens with zero attached hydrogens (tertiary/aromatic N) is 2. The first-order valence-corrected chi connectivity index (χ1v) is 8.40. The molecule has 0 aromatic heterocycles. The Morgan fingerprint density at radius 2 is 1.80 bits per heavy atom. The SMILES string of the molecule is CCC1CCC(=O)C(CN2CCN(C(C)(C)C)CC2)C1. The first-order chi connectivity index (χ1) is 9.40. The number of hydrogen-bond donors (Lipinski definition) is 0. The van der Waals surface area contributed by atoms with Crippen LogP contribution < -0.4 is 0 Å². The van der Waals surface area contributed by atoms with Crippen LogP contribution in [-0.4, -0.2) is 53.8 Å². The van der Waals surface area contributed by atoms with Crippen molar-refractivity contribution >= 4 is 5.78 Å². The van der Waals surface area contributed by atoms with Crippen molar-refractivity contribution in [3.8, 4) is 0 Å². The molecule has 0 aromatic rings. The first-order valence-electron chi connectivity index (χ1n) is 8.40. The third kappa shape index (κ3) is 4.05. The summed E-state index contributed by atoms with van der Waals surface area (Å²) in [7, 11) is 0. The molecule has 0 N–H and O–H groups in total. The Kier molecular flexibility index (Phi) is 5.25. The molecule has 116 valence electrons. The van der Waals surface area contributed by atoms with Gasteiger partial charge in [0.2, 0.25) is 0 Å². The molecule has 2 fully saturated rings. The molecule has 0 bridgehead atoms. The summed E-state index contributed by atoms with van der Waals surface area (Å²) in [6, 6.07) is 0. The maximum Gasteiger partial charge on any atom is 0.137 e. The van der Waals surface area contributed by atoms with E-state index in [9.17, 15) is 4.79 Å². The van der Waals surface area contributed by atoms with Crippen LogP contribution in [0, 0.1) is 11.8 Å². The van der Waals surface area contributed by atoms with Crippen molar-refractivity contribution in [2.75, 3.05) is 32.7 Å². The summed E-state index contributed by atoms with van der Waals surface area (Å²) in [4.78, 5) is 17.2. The van der Waals surface area contributed by atoms with Crippen LogP contribution >= 0.6 is 0 Å². The first kappa shape index (κ1) is 16.0. The van der Waals surface area contributed by atoms with Crippen molar-refractivity contribution in [2.24, 2.45) is 11.8 Å². The third-order valence-corrected chi connectivity index (χ3v) is 5.25. The number of piperazine rings is 1. The van der Waals surface area contributed by atoms with E-state index in [4.69, 9.17) is 0 Å². The van der Waals surface area contributed by atoms with Gasteiger partial charge in [-0.2, -0.15) is 0 Å². The predicted molar refractivity (Wildman–Crippen MR) is 83.9 cm³/mol. The normalized spacial score (nSPS) is 30.7. The summed E-state index contributed by atoms with van der Waals surface area (Å²) in [6.07, 6.45) is 4.32. The van der Waals surface area contributed by atoms with Gasteiger partial charge in [-0.1, -0.05) is 13.3 Å². The summed E-state index contributed by atoms with van der Waals surface area (Å²) in [5.41, 5.74) is 0.278. The molecule has 2 atom stereocenters. The quantitative estimate of drug-likeness (QED) is 0.794. The lowest BCUT2D eigenvalue weighted by Crippen LogP contribution is -2.54. The zero-order valence-electron chi connectivity index (χ0n) is 13.8. The smallest absolute Gasteiger partial charge is 0.137 e. The lowest BCUT2D eigenvalue weighted by Gasteiger charge is -2.43. The Morgan fingerprint density at radius 1 is 1.15 bits per heavy atom. The highest BCUT2D eigenvalue weighted by atomic mass is 16.1. The number of rotatable bonds is 3. The molecule has 3 heteroatoms. The second kappa shape index (κ2) is 6.57. The van der Waals surface area contributed by atoms with Gasteiger partial charge in [0.1, 0.15) is 5.78 Å². The lowest BCUT2D eigenvalue weighted by molar-refractivity contribution is -0.126. The van der Waals surface area contributed by atoms with Crippen LogP contribution in [0.25, 0.3) is 0 Å². The van der Waals surface area contributed by atoms with E-state index in [1.165, 1.54) is 6.42 Å². The Balaban J connectivity index is 1.81. The van der Waals surface area contributed by atoms with Crippen LogP contribution in [-0.2, 0) is 4.79 Å². The minimum absolute atomic E-state index is 0.278. The maximum absolute atomic E-state index is 12.1. The number of carbonyl (C=O) groups excluding carboxylic acids is 1. The van der Waals surface area contributed by atoms with Gasteiger partial charge in [-0.15, -0.1) is 0 Å². The van der Waals surface area contributed by atoms with E-state index in [0.717, 1.165) is 57.9 Å². The topological polar surface area (TPSA) is 23.6 Å². The van der Waals surface area contributed by atoms with Crippen molar-refractivity contribution < 1.29 is 4.79 Å². The van der Waals surface area contributed by atoms with Gasteiger partial charge in [0.25, 0.3) is 0 Å². The van der Waals surface area contributed by atoms with Crippen molar-refractivity contribution in [3.63, 3.8) is 0 Å². The van der Waals surface area contributed by atoms with Gasteiger partial charge >= 0.3 is 0 Å². The molecule has 1 heterocycles. The Hall–Kier alpha value is -0.410. The largest absolute Gasteiger partial charge is 0.300 e.